The Kier molecular flexibility index (Phi) is 7.58. The van der Waals surface area contributed by atoms with E-state index in [0.29, 0.717) is 29.2 Å². The second kappa shape index (κ2) is 10.1. The summed E-state index contributed by atoms with van der Waals surface area (Å²) in [5.41, 5.74) is 1.05. The van der Waals surface area contributed by atoms with Crippen LogP contribution in [0.3, 0.4) is 0 Å². The molecule has 0 fully saturated rings. The number of ether oxygens (including phenoxy) is 2. The second-order valence-electron chi connectivity index (χ2n) is 6.32. The van der Waals surface area contributed by atoms with Crippen LogP contribution < -0.4 is 14.8 Å². The first-order valence-corrected chi connectivity index (χ1v) is 9.00. The molecule has 2 aromatic rings. The van der Waals surface area contributed by atoms with Gasteiger partial charge >= 0.3 is 0 Å². The van der Waals surface area contributed by atoms with E-state index >= 15 is 0 Å². The van der Waals surface area contributed by atoms with E-state index in [0.717, 1.165) is 0 Å². The SMILES string of the molecule is CCOc1cc(/C=C(/C#N)C(=O)NC(C)C)ccc1OCc1ccccc1F. The van der Waals surface area contributed by atoms with Gasteiger partial charge in [-0.2, -0.15) is 5.26 Å². The average molecular weight is 382 g/mol. The molecule has 0 saturated carbocycles. The number of hydrogen-bond donors (Lipinski definition) is 1. The molecule has 0 atom stereocenters. The van der Waals surface area contributed by atoms with Crippen molar-refractivity contribution < 1.29 is 18.7 Å². The fourth-order valence-corrected chi connectivity index (χ4v) is 2.43. The number of carbonyl (C=O) groups excluding carboxylic acids is 1. The number of hydrogen-bond acceptors (Lipinski definition) is 4. The maximum absolute atomic E-state index is 13.8. The highest BCUT2D eigenvalue weighted by Crippen LogP contribution is 2.30. The monoisotopic (exact) mass is 382 g/mol. The van der Waals surface area contributed by atoms with Crippen LogP contribution in [0.2, 0.25) is 0 Å². The predicted octanol–water partition coefficient (Wildman–Crippen LogP) is 4.23. The number of nitrogens with one attached hydrogen (secondary N) is 1. The van der Waals surface area contributed by atoms with E-state index in [1.807, 2.05) is 26.8 Å². The Morgan fingerprint density at radius 3 is 2.61 bits per heavy atom. The summed E-state index contributed by atoms with van der Waals surface area (Å²) >= 11 is 0. The largest absolute Gasteiger partial charge is 0.490 e. The average Bonchev–Trinajstić information content (AvgIpc) is 2.66. The molecule has 28 heavy (non-hydrogen) atoms. The molecule has 0 saturated heterocycles. The number of halogens is 1. The maximum atomic E-state index is 13.8. The van der Waals surface area contributed by atoms with Crippen LogP contribution in [0, 0.1) is 17.1 Å². The Balaban J connectivity index is 2.24. The highest BCUT2D eigenvalue weighted by molar-refractivity contribution is 6.01. The van der Waals surface area contributed by atoms with Crippen molar-refractivity contribution in [3.63, 3.8) is 0 Å². The fourth-order valence-electron chi connectivity index (χ4n) is 2.43. The van der Waals surface area contributed by atoms with Gasteiger partial charge in [-0.1, -0.05) is 24.3 Å². The lowest BCUT2D eigenvalue weighted by Crippen LogP contribution is -2.30. The smallest absolute Gasteiger partial charge is 0.262 e. The quantitative estimate of drug-likeness (QED) is 0.548. The number of amides is 1. The molecule has 0 heterocycles. The van der Waals surface area contributed by atoms with E-state index in [-0.39, 0.29) is 24.0 Å². The van der Waals surface area contributed by atoms with Crippen LogP contribution in [-0.4, -0.2) is 18.6 Å². The Hall–Kier alpha value is -3.33. The van der Waals surface area contributed by atoms with E-state index in [4.69, 9.17) is 9.47 Å². The van der Waals surface area contributed by atoms with E-state index in [1.165, 1.54) is 12.1 Å². The highest BCUT2D eigenvalue weighted by Gasteiger charge is 2.12. The lowest BCUT2D eigenvalue weighted by Gasteiger charge is -2.13. The fraction of sp³-hybridized carbons (Fsp3) is 0.273. The second-order valence-corrected chi connectivity index (χ2v) is 6.32. The van der Waals surface area contributed by atoms with E-state index < -0.39 is 5.91 Å². The zero-order chi connectivity index (χ0) is 20.5. The normalized spacial score (nSPS) is 11.1. The third kappa shape index (κ3) is 5.85. The maximum Gasteiger partial charge on any atom is 0.262 e. The topological polar surface area (TPSA) is 71.3 Å². The van der Waals surface area contributed by atoms with E-state index in [1.54, 1.807) is 36.4 Å². The molecule has 1 N–H and O–H groups in total. The van der Waals surface area contributed by atoms with Gasteiger partial charge in [0.25, 0.3) is 5.91 Å². The number of rotatable bonds is 8. The summed E-state index contributed by atoms with van der Waals surface area (Å²) in [4.78, 5) is 12.1. The molecular weight excluding hydrogens is 359 g/mol. The molecule has 146 valence electrons. The minimum atomic E-state index is -0.435. The molecule has 0 unspecified atom stereocenters. The number of nitriles is 1. The van der Waals surface area contributed by atoms with Crippen molar-refractivity contribution in [2.24, 2.45) is 0 Å². The van der Waals surface area contributed by atoms with Gasteiger partial charge in [0.2, 0.25) is 0 Å². The summed E-state index contributed by atoms with van der Waals surface area (Å²) in [6.45, 7) is 5.94. The van der Waals surface area contributed by atoms with Crippen molar-refractivity contribution in [3.05, 3.63) is 65.0 Å². The standard InChI is InChI=1S/C22H23FN2O3/c1-4-27-21-12-16(11-18(13-24)22(26)25-15(2)3)9-10-20(21)28-14-17-7-5-6-8-19(17)23/h5-12,15H,4,14H2,1-3H3,(H,25,26)/b18-11-. The van der Waals surface area contributed by atoms with Crippen LogP contribution in [0.15, 0.2) is 48.0 Å². The number of nitrogens with zero attached hydrogens (tertiary/aromatic N) is 1. The van der Waals surface area contributed by atoms with Crippen molar-refractivity contribution in [2.75, 3.05) is 6.61 Å². The molecule has 0 spiro atoms. The Morgan fingerprint density at radius 1 is 1.21 bits per heavy atom. The van der Waals surface area contributed by atoms with Crippen molar-refractivity contribution in [1.29, 1.82) is 5.26 Å². The summed E-state index contributed by atoms with van der Waals surface area (Å²) in [6.07, 6.45) is 1.49. The van der Waals surface area contributed by atoms with Gasteiger partial charge in [0.1, 0.15) is 24.1 Å². The molecule has 6 heteroatoms. The molecular formula is C22H23FN2O3. The summed E-state index contributed by atoms with van der Waals surface area (Å²) in [6, 6.07) is 13.3. The molecule has 0 radical (unpaired) electrons. The van der Waals surface area contributed by atoms with Gasteiger partial charge in [-0.3, -0.25) is 4.79 Å². The zero-order valence-corrected chi connectivity index (χ0v) is 16.2. The third-order valence-corrected chi connectivity index (χ3v) is 3.70. The lowest BCUT2D eigenvalue weighted by atomic mass is 10.1. The summed E-state index contributed by atoms with van der Waals surface area (Å²) in [5, 5.41) is 12.0. The van der Waals surface area contributed by atoms with Gasteiger partial charge in [-0.05, 0) is 50.6 Å². The van der Waals surface area contributed by atoms with Crippen molar-refractivity contribution in [2.45, 2.75) is 33.4 Å². The van der Waals surface area contributed by atoms with E-state index in [2.05, 4.69) is 5.32 Å². The van der Waals surface area contributed by atoms with Crippen LogP contribution >= 0.6 is 0 Å². The predicted molar refractivity (Wildman–Crippen MR) is 105 cm³/mol. The van der Waals surface area contributed by atoms with Crippen LogP contribution in [0.5, 0.6) is 11.5 Å². The molecule has 2 rings (SSSR count). The van der Waals surface area contributed by atoms with Crippen LogP contribution in [0.4, 0.5) is 4.39 Å². The van der Waals surface area contributed by atoms with Gasteiger partial charge < -0.3 is 14.8 Å². The molecule has 0 aliphatic carbocycles. The van der Waals surface area contributed by atoms with Crippen LogP contribution in [-0.2, 0) is 11.4 Å². The highest BCUT2D eigenvalue weighted by atomic mass is 19.1. The van der Waals surface area contributed by atoms with Crippen molar-refractivity contribution >= 4 is 12.0 Å². The first-order valence-electron chi connectivity index (χ1n) is 9.00. The Labute approximate surface area is 164 Å². The lowest BCUT2D eigenvalue weighted by molar-refractivity contribution is -0.117. The molecule has 0 bridgehead atoms. The number of benzene rings is 2. The zero-order valence-electron chi connectivity index (χ0n) is 16.2. The molecule has 5 nitrogen and oxygen atoms in total. The van der Waals surface area contributed by atoms with Crippen LogP contribution in [0.25, 0.3) is 6.08 Å². The minimum absolute atomic E-state index is 0.00354. The molecule has 2 aromatic carbocycles. The van der Waals surface area contributed by atoms with Gasteiger partial charge in [0, 0.05) is 11.6 Å². The molecule has 0 aliphatic rings. The van der Waals surface area contributed by atoms with Gasteiger partial charge in [-0.15, -0.1) is 0 Å². The third-order valence-electron chi connectivity index (χ3n) is 3.70. The first kappa shape index (κ1) is 21.0. The van der Waals surface area contributed by atoms with Gasteiger partial charge in [0.05, 0.1) is 6.61 Å². The molecule has 0 aliphatic heterocycles. The van der Waals surface area contributed by atoms with Crippen molar-refractivity contribution in [1.82, 2.24) is 5.32 Å². The Bertz CT molecular complexity index is 901. The molecule has 0 aromatic heterocycles. The van der Waals surface area contributed by atoms with Gasteiger partial charge in [0.15, 0.2) is 11.5 Å². The summed E-state index contributed by atoms with van der Waals surface area (Å²) in [5.74, 6) is 0.131. The summed E-state index contributed by atoms with van der Waals surface area (Å²) in [7, 11) is 0. The number of carbonyl (C=O) groups is 1. The molecule has 1 amide bonds. The summed E-state index contributed by atoms with van der Waals surface area (Å²) < 4.78 is 25.1. The van der Waals surface area contributed by atoms with E-state index in [9.17, 15) is 14.4 Å². The van der Waals surface area contributed by atoms with Crippen molar-refractivity contribution in [3.8, 4) is 17.6 Å². The first-order chi connectivity index (χ1) is 13.4. The Morgan fingerprint density at radius 2 is 1.96 bits per heavy atom. The van der Waals surface area contributed by atoms with Gasteiger partial charge in [-0.25, -0.2) is 4.39 Å². The minimum Gasteiger partial charge on any atom is -0.490 e. The van der Waals surface area contributed by atoms with Crippen LogP contribution in [0.1, 0.15) is 31.9 Å².